The Morgan fingerprint density at radius 3 is 2.21 bits per heavy atom. The van der Waals surface area contributed by atoms with Gasteiger partial charge in [0.15, 0.2) is 0 Å². The zero-order valence-corrected chi connectivity index (χ0v) is 25.2. The van der Waals surface area contributed by atoms with Crippen LogP contribution in [0.3, 0.4) is 0 Å². The molecule has 3 aromatic heterocycles. The minimum atomic E-state index is -2.09. The van der Waals surface area contributed by atoms with Crippen molar-refractivity contribution >= 4 is 35.2 Å². The van der Waals surface area contributed by atoms with Gasteiger partial charge in [-0.05, 0) is 42.4 Å². The van der Waals surface area contributed by atoms with Crippen LogP contribution >= 0.6 is 0 Å². The summed E-state index contributed by atoms with van der Waals surface area (Å²) in [5.41, 5.74) is 6.65. The van der Waals surface area contributed by atoms with Gasteiger partial charge in [-0.2, -0.15) is 0 Å². The quantitative estimate of drug-likeness (QED) is 0.139. The Balaban J connectivity index is 0.000000200. The molecule has 5 heteroatoms. The van der Waals surface area contributed by atoms with Crippen molar-refractivity contribution in [2.45, 2.75) is 33.4 Å². The molecular weight excluding hydrogens is 661 g/mol. The van der Waals surface area contributed by atoms with Gasteiger partial charge in [0.25, 0.3) is 0 Å². The molecule has 3 nitrogen and oxygen atoms in total. The molecule has 3 heterocycles. The fourth-order valence-electron chi connectivity index (χ4n) is 4.12. The number of furan rings is 1. The number of aryl methyl sites for hydroxylation is 2. The van der Waals surface area contributed by atoms with Crippen LogP contribution in [-0.2, 0) is 20.1 Å². The molecule has 0 amide bonds. The van der Waals surface area contributed by atoms with E-state index in [0.29, 0.717) is 0 Å². The molecule has 0 saturated heterocycles. The molecule has 0 unspecified atom stereocenters. The van der Waals surface area contributed by atoms with Crippen LogP contribution < -0.4 is 5.19 Å². The monoisotopic (exact) mass is 694 g/mol. The third-order valence-corrected chi connectivity index (χ3v) is 8.26. The zero-order valence-electron chi connectivity index (χ0n) is 24.8. The minimum absolute atomic E-state index is 0. The average Bonchev–Trinajstić information content (AvgIpc) is 3.32. The Bertz CT molecular complexity index is 1760. The van der Waals surface area contributed by atoms with E-state index < -0.39 is 14.9 Å². The van der Waals surface area contributed by atoms with Gasteiger partial charge in [-0.25, -0.2) is 0 Å². The van der Waals surface area contributed by atoms with Gasteiger partial charge in [-0.3, -0.25) is 0 Å². The smallest absolute Gasteiger partial charge is 0.120 e. The molecule has 0 aliphatic rings. The van der Waals surface area contributed by atoms with Crippen LogP contribution in [0.15, 0.2) is 95.7 Å². The normalized spacial score (nSPS) is 12.6. The van der Waals surface area contributed by atoms with Gasteiger partial charge in [0.05, 0.1) is 13.7 Å². The van der Waals surface area contributed by atoms with E-state index in [1.165, 1.54) is 11.4 Å². The number of fused-ring (bicyclic) bond motifs is 3. The second kappa shape index (κ2) is 11.6. The van der Waals surface area contributed by atoms with Gasteiger partial charge in [0.2, 0.25) is 0 Å². The number of hydrogen-bond acceptors (Lipinski definition) is 3. The van der Waals surface area contributed by atoms with Crippen molar-refractivity contribution in [3.05, 3.63) is 115 Å². The Labute approximate surface area is 243 Å². The van der Waals surface area contributed by atoms with Gasteiger partial charge in [0.1, 0.15) is 5.58 Å². The van der Waals surface area contributed by atoms with Crippen molar-refractivity contribution in [1.29, 1.82) is 0 Å². The number of hydrogen-bond donors (Lipinski definition) is 0. The molecule has 0 bridgehead atoms. The fourth-order valence-corrected chi connectivity index (χ4v) is 5.27. The second-order valence-electron chi connectivity index (χ2n) is 10.1. The first kappa shape index (κ1) is 23.7. The minimum Gasteiger partial charge on any atom is -0.501 e. The largest absolute Gasteiger partial charge is 0.501 e. The van der Waals surface area contributed by atoms with E-state index in [1.54, 1.807) is 18.2 Å². The maximum absolute atomic E-state index is 7.23. The van der Waals surface area contributed by atoms with Crippen molar-refractivity contribution < 1.29 is 28.6 Å². The Morgan fingerprint density at radius 2 is 1.55 bits per heavy atom. The molecule has 0 aliphatic carbocycles. The summed E-state index contributed by atoms with van der Waals surface area (Å²) in [5, 5.41) is 3.70. The van der Waals surface area contributed by atoms with Crippen LogP contribution in [0.5, 0.6) is 0 Å². The van der Waals surface area contributed by atoms with Crippen LogP contribution in [0, 0.1) is 25.9 Å². The number of nitrogens with zero attached hydrogens (tertiary/aromatic N) is 2. The number of pyridine rings is 2. The van der Waals surface area contributed by atoms with Gasteiger partial charge in [0, 0.05) is 42.0 Å². The van der Waals surface area contributed by atoms with Gasteiger partial charge in [-0.1, -0.05) is 72.2 Å². The standard InChI is InChI=1S/C21H20NOSi.C12H10N.Ir/c1-14-8-11-19(22-13-14)18-7-5-6-17-16-10-9-15(24(2,3)4)12-20(16)23-21(17)18;1-10-7-8-12(13-9-10)11-5-3-2-4-6-11;/h5-6,8-13H,1-4H3;2-5,7-9H,1H3;/q2*-1;/i;1D3;. The van der Waals surface area contributed by atoms with Crippen LogP contribution in [0.25, 0.3) is 44.5 Å². The molecule has 0 saturated carbocycles. The SMILES string of the molecule is Cc1ccc(-c2[c-]ccc3c2oc2cc([Si](C)(C)C)ccc23)nc1.[2H]C([2H])([2H])c1ccc(-c2[c-]cccc2)nc1.[Ir]. The van der Waals surface area contributed by atoms with Crippen LogP contribution in [0.4, 0.5) is 0 Å². The maximum atomic E-state index is 7.23. The molecule has 1 radical (unpaired) electrons. The van der Waals surface area contributed by atoms with Crippen molar-refractivity contribution in [3.8, 4) is 22.5 Å². The molecule has 0 fully saturated rings. The molecule has 3 aromatic carbocycles. The van der Waals surface area contributed by atoms with Crippen LogP contribution in [0.1, 0.15) is 15.2 Å². The summed E-state index contributed by atoms with van der Waals surface area (Å²) in [7, 11) is -1.36. The van der Waals surface area contributed by atoms with E-state index in [1.807, 2.05) is 43.5 Å². The predicted octanol–water partition coefficient (Wildman–Crippen LogP) is 8.16. The van der Waals surface area contributed by atoms with Crippen LogP contribution in [-0.4, -0.2) is 18.0 Å². The van der Waals surface area contributed by atoms with Gasteiger partial charge < -0.3 is 14.4 Å². The summed E-state index contributed by atoms with van der Waals surface area (Å²) in [6, 6.07) is 31.9. The van der Waals surface area contributed by atoms with Crippen molar-refractivity contribution in [3.63, 3.8) is 0 Å². The van der Waals surface area contributed by atoms with Gasteiger partial charge in [-0.15, -0.1) is 54.1 Å². The topological polar surface area (TPSA) is 38.9 Å². The summed E-state index contributed by atoms with van der Waals surface area (Å²) in [5.74, 6) is 0. The van der Waals surface area contributed by atoms with E-state index in [9.17, 15) is 0 Å². The Kier molecular flexibility index (Phi) is 7.22. The predicted molar refractivity (Wildman–Crippen MR) is 157 cm³/mol. The molecule has 6 aromatic rings. The Hall–Kier alpha value is -3.37. The maximum Gasteiger partial charge on any atom is 0.120 e. The third kappa shape index (κ3) is 6.02. The van der Waals surface area contributed by atoms with E-state index in [-0.39, 0.29) is 25.7 Å². The van der Waals surface area contributed by atoms with E-state index in [0.717, 1.165) is 50.0 Å². The summed E-state index contributed by atoms with van der Waals surface area (Å²) < 4.78 is 28.0. The summed E-state index contributed by atoms with van der Waals surface area (Å²) >= 11 is 0. The first-order chi connectivity index (χ1) is 19.0. The van der Waals surface area contributed by atoms with E-state index >= 15 is 0 Å². The van der Waals surface area contributed by atoms with Crippen molar-refractivity contribution in [2.24, 2.45) is 0 Å². The Morgan fingerprint density at radius 1 is 0.789 bits per heavy atom. The van der Waals surface area contributed by atoms with Crippen molar-refractivity contribution in [2.75, 3.05) is 0 Å². The molecule has 193 valence electrons. The van der Waals surface area contributed by atoms with Crippen LogP contribution in [0.2, 0.25) is 19.6 Å². The third-order valence-electron chi connectivity index (χ3n) is 6.22. The molecular formula is C33H30IrN2OSi-2. The number of aromatic nitrogens is 2. The molecule has 0 spiro atoms. The first-order valence-corrected chi connectivity index (χ1v) is 15.7. The molecule has 0 atom stereocenters. The summed E-state index contributed by atoms with van der Waals surface area (Å²) in [6.07, 6.45) is 3.27. The summed E-state index contributed by atoms with van der Waals surface area (Å²) in [4.78, 5) is 8.67. The number of rotatable bonds is 3. The molecule has 0 aliphatic heterocycles. The average molecular weight is 694 g/mol. The first-order valence-electron chi connectivity index (χ1n) is 13.7. The molecule has 6 rings (SSSR count). The second-order valence-corrected chi connectivity index (χ2v) is 15.2. The summed E-state index contributed by atoms with van der Waals surface area (Å²) in [6.45, 7) is 7.01. The van der Waals surface area contributed by atoms with Gasteiger partial charge >= 0.3 is 0 Å². The van der Waals surface area contributed by atoms with E-state index in [4.69, 9.17) is 8.53 Å². The molecule has 38 heavy (non-hydrogen) atoms. The molecule has 0 N–H and O–H groups in total. The number of benzene rings is 3. The van der Waals surface area contributed by atoms with E-state index in [2.05, 4.69) is 72.1 Å². The van der Waals surface area contributed by atoms with Crippen molar-refractivity contribution in [1.82, 2.24) is 9.97 Å². The zero-order chi connectivity index (χ0) is 28.5. The fraction of sp³-hybridized carbons (Fsp3) is 0.152.